The first-order valence-corrected chi connectivity index (χ1v) is 6.27. The first-order chi connectivity index (χ1) is 8.72. The minimum atomic E-state index is -0.122. The number of benzene rings is 2. The number of hydrogen-bond donors (Lipinski definition) is 2. The van der Waals surface area contributed by atoms with Crippen LogP contribution in [0.25, 0.3) is 0 Å². The van der Waals surface area contributed by atoms with Crippen molar-refractivity contribution < 1.29 is 0 Å². The lowest BCUT2D eigenvalue weighted by Gasteiger charge is -2.29. The fourth-order valence-electron chi connectivity index (χ4n) is 2.26. The van der Waals surface area contributed by atoms with Crippen LogP contribution in [0, 0.1) is 0 Å². The predicted octanol–water partition coefficient (Wildman–Crippen LogP) is 2.69. The lowest BCUT2D eigenvalue weighted by molar-refractivity contribution is 0.356. The molecule has 0 aliphatic rings. The zero-order chi connectivity index (χ0) is 12.8. The molecular weight excluding hydrogens is 220 g/mol. The van der Waals surface area contributed by atoms with E-state index in [0.29, 0.717) is 0 Å². The molecule has 0 bridgehead atoms. The van der Waals surface area contributed by atoms with E-state index in [1.54, 1.807) is 0 Å². The van der Waals surface area contributed by atoms with Crippen LogP contribution in [0.3, 0.4) is 0 Å². The summed E-state index contributed by atoms with van der Waals surface area (Å²) in [6.45, 7) is 2.16. The summed E-state index contributed by atoms with van der Waals surface area (Å²) in [5, 5.41) is 0. The van der Waals surface area contributed by atoms with Crippen LogP contribution in [0.2, 0.25) is 0 Å². The molecule has 2 rings (SSSR count). The zero-order valence-corrected chi connectivity index (χ0v) is 10.8. The van der Waals surface area contributed by atoms with Crippen LogP contribution in [-0.4, -0.2) is 5.54 Å². The van der Waals surface area contributed by atoms with Crippen LogP contribution in [0.1, 0.15) is 18.1 Å². The largest absolute Gasteiger partial charge is 0.271 e. The Morgan fingerprint density at radius 2 is 1.22 bits per heavy atom. The molecule has 3 N–H and O–H groups in total. The Hall–Kier alpha value is -1.64. The van der Waals surface area contributed by atoms with Crippen molar-refractivity contribution in [3.8, 4) is 0 Å². The Labute approximate surface area is 109 Å². The van der Waals surface area contributed by atoms with E-state index in [1.807, 2.05) is 12.1 Å². The number of nitrogens with two attached hydrogens (primary N) is 1. The molecule has 0 aromatic heterocycles. The molecule has 0 heterocycles. The first kappa shape index (κ1) is 12.8. The Bertz CT molecular complexity index is 423. The number of rotatable bonds is 5. The molecule has 0 saturated heterocycles. The van der Waals surface area contributed by atoms with Crippen LogP contribution < -0.4 is 11.3 Å². The average Bonchev–Trinajstić information content (AvgIpc) is 2.41. The van der Waals surface area contributed by atoms with Crippen LogP contribution >= 0.6 is 0 Å². The minimum absolute atomic E-state index is 0.122. The van der Waals surface area contributed by atoms with Gasteiger partial charge in [0.05, 0.1) is 0 Å². The van der Waals surface area contributed by atoms with Crippen molar-refractivity contribution in [1.29, 1.82) is 0 Å². The van der Waals surface area contributed by atoms with Gasteiger partial charge in [-0.1, -0.05) is 60.7 Å². The minimum Gasteiger partial charge on any atom is -0.271 e. The second-order valence-corrected chi connectivity index (χ2v) is 5.03. The SMILES string of the molecule is CC(Cc1ccccc1)(Cc1ccccc1)NN. The Balaban J connectivity index is 2.11. The average molecular weight is 240 g/mol. The molecule has 0 fully saturated rings. The molecule has 2 aromatic carbocycles. The van der Waals surface area contributed by atoms with Gasteiger partial charge >= 0.3 is 0 Å². The van der Waals surface area contributed by atoms with Crippen LogP contribution in [0.15, 0.2) is 60.7 Å². The van der Waals surface area contributed by atoms with Crippen molar-refractivity contribution in [2.75, 3.05) is 0 Å². The molecule has 2 aromatic rings. The van der Waals surface area contributed by atoms with E-state index in [-0.39, 0.29) is 5.54 Å². The topological polar surface area (TPSA) is 38.0 Å². The monoisotopic (exact) mass is 240 g/mol. The third-order valence-electron chi connectivity index (χ3n) is 3.22. The van der Waals surface area contributed by atoms with Gasteiger partial charge in [-0.3, -0.25) is 11.3 Å². The molecule has 0 spiro atoms. The van der Waals surface area contributed by atoms with Gasteiger partial charge in [-0.05, 0) is 30.9 Å². The summed E-state index contributed by atoms with van der Waals surface area (Å²) in [5.74, 6) is 5.75. The van der Waals surface area contributed by atoms with Crippen LogP contribution in [-0.2, 0) is 12.8 Å². The molecule has 0 atom stereocenters. The highest BCUT2D eigenvalue weighted by atomic mass is 15.3. The maximum absolute atomic E-state index is 5.75. The highest BCUT2D eigenvalue weighted by molar-refractivity contribution is 5.22. The fourth-order valence-corrected chi connectivity index (χ4v) is 2.26. The fraction of sp³-hybridized carbons (Fsp3) is 0.250. The van der Waals surface area contributed by atoms with E-state index < -0.39 is 0 Å². The van der Waals surface area contributed by atoms with E-state index in [9.17, 15) is 0 Å². The van der Waals surface area contributed by atoms with Crippen molar-refractivity contribution in [3.05, 3.63) is 71.8 Å². The molecule has 0 radical (unpaired) electrons. The summed E-state index contributed by atoms with van der Waals surface area (Å²) in [4.78, 5) is 0. The summed E-state index contributed by atoms with van der Waals surface area (Å²) in [6, 6.07) is 20.9. The maximum atomic E-state index is 5.75. The Morgan fingerprint density at radius 3 is 1.56 bits per heavy atom. The zero-order valence-electron chi connectivity index (χ0n) is 10.8. The van der Waals surface area contributed by atoms with Gasteiger partial charge in [0, 0.05) is 5.54 Å². The van der Waals surface area contributed by atoms with Crippen molar-refractivity contribution in [2.45, 2.75) is 25.3 Å². The van der Waals surface area contributed by atoms with E-state index >= 15 is 0 Å². The van der Waals surface area contributed by atoms with Gasteiger partial charge in [0.1, 0.15) is 0 Å². The van der Waals surface area contributed by atoms with E-state index in [1.165, 1.54) is 11.1 Å². The summed E-state index contributed by atoms with van der Waals surface area (Å²) < 4.78 is 0. The third-order valence-corrected chi connectivity index (χ3v) is 3.22. The molecule has 94 valence electrons. The van der Waals surface area contributed by atoms with E-state index in [0.717, 1.165) is 12.8 Å². The molecule has 2 heteroatoms. The predicted molar refractivity (Wildman–Crippen MR) is 76.0 cm³/mol. The molecule has 0 saturated carbocycles. The normalized spacial score (nSPS) is 11.4. The summed E-state index contributed by atoms with van der Waals surface area (Å²) >= 11 is 0. The lowest BCUT2D eigenvalue weighted by Crippen LogP contribution is -2.50. The lowest BCUT2D eigenvalue weighted by atomic mass is 9.87. The van der Waals surface area contributed by atoms with Gasteiger partial charge in [-0.25, -0.2) is 0 Å². The second kappa shape index (κ2) is 5.80. The highest BCUT2D eigenvalue weighted by Crippen LogP contribution is 2.18. The molecule has 0 aliphatic heterocycles. The summed E-state index contributed by atoms with van der Waals surface area (Å²) in [6.07, 6.45) is 1.83. The second-order valence-electron chi connectivity index (χ2n) is 5.03. The maximum Gasteiger partial charge on any atom is 0.0373 e. The van der Waals surface area contributed by atoms with Gasteiger partial charge in [0.2, 0.25) is 0 Å². The van der Waals surface area contributed by atoms with Gasteiger partial charge in [0.15, 0.2) is 0 Å². The molecule has 2 nitrogen and oxygen atoms in total. The first-order valence-electron chi connectivity index (χ1n) is 6.27. The van der Waals surface area contributed by atoms with Crippen molar-refractivity contribution >= 4 is 0 Å². The number of hydrazine groups is 1. The quantitative estimate of drug-likeness (QED) is 0.623. The Kier molecular flexibility index (Phi) is 4.13. The van der Waals surface area contributed by atoms with Crippen molar-refractivity contribution in [1.82, 2.24) is 5.43 Å². The molecule has 0 aliphatic carbocycles. The van der Waals surface area contributed by atoms with Gasteiger partial charge in [-0.2, -0.15) is 0 Å². The summed E-state index contributed by atoms with van der Waals surface area (Å²) in [5.41, 5.74) is 5.45. The smallest absolute Gasteiger partial charge is 0.0373 e. The summed E-state index contributed by atoms with van der Waals surface area (Å²) in [7, 11) is 0. The number of hydrogen-bond acceptors (Lipinski definition) is 2. The van der Waals surface area contributed by atoms with Gasteiger partial charge in [-0.15, -0.1) is 0 Å². The van der Waals surface area contributed by atoms with Crippen molar-refractivity contribution in [3.63, 3.8) is 0 Å². The standard InChI is InChI=1S/C16H20N2/c1-16(18-17,12-14-8-4-2-5-9-14)13-15-10-6-3-7-11-15/h2-11,18H,12-13,17H2,1H3. The molecule has 18 heavy (non-hydrogen) atoms. The molecule has 0 amide bonds. The van der Waals surface area contributed by atoms with E-state index in [4.69, 9.17) is 5.84 Å². The van der Waals surface area contributed by atoms with Crippen LogP contribution in [0.5, 0.6) is 0 Å². The van der Waals surface area contributed by atoms with Gasteiger partial charge in [0.25, 0.3) is 0 Å². The molecule has 0 unspecified atom stereocenters. The Morgan fingerprint density at radius 1 is 0.833 bits per heavy atom. The van der Waals surface area contributed by atoms with E-state index in [2.05, 4.69) is 60.9 Å². The number of nitrogens with one attached hydrogen (secondary N) is 1. The van der Waals surface area contributed by atoms with Crippen LogP contribution in [0.4, 0.5) is 0 Å². The van der Waals surface area contributed by atoms with Crippen molar-refractivity contribution in [2.24, 2.45) is 5.84 Å². The third kappa shape index (κ3) is 3.42. The molecular formula is C16H20N2. The van der Waals surface area contributed by atoms with Gasteiger partial charge < -0.3 is 0 Å². The highest BCUT2D eigenvalue weighted by Gasteiger charge is 2.23.